The molecule has 1 saturated carbocycles. The molecule has 3 aliphatic heterocycles. The van der Waals surface area contributed by atoms with Crippen LogP contribution in [0.5, 0.6) is 0 Å². The van der Waals surface area contributed by atoms with E-state index in [9.17, 15) is 4.79 Å². The van der Waals surface area contributed by atoms with E-state index in [4.69, 9.17) is 9.47 Å². The molecule has 29 heavy (non-hydrogen) atoms. The second-order valence-electron chi connectivity index (χ2n) is 10.3. The van der Waals surface area contributed by atoms with E-state index in [1.165, 1.54) is 0 Å². The average molecular weight is 388 g/mol. The Morgan fingerprint density at radius 2 is 1.66 bits per heavy atom. The lowest BCUT2D eigenvalue weighted by molar-refractivity contribution is -0.936. The second-order valence-corrected chi connectivity index (χ2v) is 10.3. The molecule has 3 heterocycles. The molecular formula is C25H26NO3+. The van der Waals surface area contributed by atoms with E-state index in [2.05, 4.69) is 38.4 Å². The molecule has 0 amide bonds. The fourth-order valence-corrected chi connectivity index (χ4v) is 7.33. The molecule has 0 aromatic heterocycles. The fraction of sp³-hybridized carbons (Fsp3) is 0.480. The third kappa shape index (κ3) is 1.70. The van der Waals surface area contributed by atoms with Crippen molar-refractivity contribution in [2.45, 2.75) is 55.1 Å². The summed E-state index contributed by atoms with van der Waals surface area (Å²) in [6.07, 6.45) is 2.38. The van der Waals surface area contributed by atoms with Crippen LogP contribution in [-0.4, -0.2) is 54.4 Å². The number of carbonyl (C=O) groups is 1. The molecular weight excluding hydrogens is 362 g/mol. The summed E-state index contributed by atoms with van der Waals surface area (Å²) in [6, 6.07) is 17.5. The zero-order chi connectivity index (χ0) is 19.8. The molecule has 4 fully saturated rings. The van der Waals surface area contributed by atoms with Crippen LogP contribution in [0.15, 0.2) is 48.5 Å². The summed E-state index contributed by atoms with van der Waals surface area (Å²) in [4.78, 5) is 13.7. The summed E-state index contributed by atoms with van der Waals surface area (Å²) >= 11 is 0. The fourth-order valence-electron chi connectivity index (χ4n) is 7.33. The van der Waals surface area contributed by atoms with Crippen LogP contribution in [0.3, 0.4) is 0 Å². The number of quaternary nitrogens is 1. The maximum absolute atomic E-state index is 13.7. The van der Waals surface area contributed by atoms with E-state index < -0.39 is 5.41 Å². The minimum absolute atomic E-state index is 0.00701. The summed E-state index contributed by atoms with van der Waals surface area (Å²) in [5.74, 6) is 0.584. The average Bonchev–Trinajstić information content (AvgIpc) is 3.56. The highest BCUT2D eigenvalue weighted by Crippen LogP contribution is 2.77. The van der Waals surface area contributed by atoms with E-state index in [1.54, 1.807) is 0 Å². The van der Waals surface area contributed by atoms with E-state index in [-0.39, 0.29) is 17.7 Å². The Morgan fingerprint density at radius 1 is 1.03 bits per heavy atom. The molecule has 0 N–H and O–H groups in total. The summed E-state index contributed by atoms with van der Waals surface area (Å²) in [7, 11) is 4.66. The molecule has 7 rings (SSSR count). The van der Waals surface area contributed by atoms with Crippen LogP contribution in [0.25, 0.3) is 11.1 Å². The quantitative estimate of drug-likeness (QED) is 0.450. The lowest BCUT2D eigenvalue weighted by Crippen LogP contribution is -2.60. The van der Waals surface area contributed by atoms with Crippen molar-refractivity contribution in [3.63, 3.8) is 0 Å². The first-order valence-corrected chi connectivity index (χ1v) is 10.8. The van der Waals surface area contributed by atoms with Gasteiger partial charge in [0.05, 0.1) is 20.0 Å². The van der Waals surface area contributed by atoms with Crippen molar-refractivity contribution in [1.29, 1.82) is 0 Å². The minimum atomic E-state index is -0.742. The molecule has 2 aliphatic carbocycles. The Balaban J connectivity index is 1.22. The number of benzene rings is 2. The van der Waals surface area contributed by atoms with Gasteiger partial charge in [-0.2, -0.15) is 0 Å². The predicted octanol–water partition coefficient (Wildman–Crippen LogP) is 3.27. The normalized spacial score (nSPS) is 40.3. The van der Waals surface area contributed by atoms with Crippen molar-refractivity contribution in [2.24, 2.45) is 5.92 Å². The van der Waals surface area contributed by atoms with E-state index in [1.807, 2.05) is 31.2 Å². The van der Waals surface area contributed by atoms with Crippen molar-refractivity contribution in [3.05, 3.63) is 59.7 Å². The minimum Gasteiger partial charge on any atom is -0.461 e. The predicted molar refractivity (Wildman–Crippen MR) is 108 cm³/mol. The molecule has 2 aromatic carbocycles. The van der Waals surface area contributed by atoms with Crippen LogP contribution in [0, 0.1) is 5.92 Å². The lowest BCUT2D eigenvalue weighted by Gasteiger charge is -2.45. The number of carbonyl (C=O) groups excluding carboxylic acids is 1. The van der Waals surface area contributed by atoms with Crippen LogP contribution in [0.2, 0.25) is 0 Å². The van der Waals surface area contributed by atoms with Gasteiger partial charge in [0.15, 0.2) is 5.60 Å². The van der Waals surface area contributed by atoms with Crippen molar-refractivity contribution in [1.82, 2.24) is 0 Å². The smallest absolute Gasteiger partial charge is 0.321 e. The van der Waals surface area contributed by atoms with Gasteiger partial charge in [-0.25, -0.2) is 0 Å². The zero-order valence-corrected chi connectivity index (χ0v) is 17.1. The SMILES string of the molecule is CC1(C(=O)O[C@H]2CC3C4C5O[C@@]54C(C2)[N+]3(C)C)c2ccccc2-c2ccccc21. The van der Waals surface area contributed by atoms with E-state index >= 15 is 0 Å². The van der Waals surface area contributed by atoms with Crippen molar-refractivity contribution >= 4 is 5.97 Å². The Hall–Kier alpha value is -2.17. The topological polar surface area (TPSA) is 38.8 Å². The monoisotopic (exact) mass is 388 g/mol. The highest BCUT2D eigenvalue weighted by atomic mass is 16.7. The molecule has 0 radical (unpaired) electrons. The van der Waals surface area contributed by atoms with Gasteiger partial charge in [0.25, 0.3) is 0 Å². The highest BCUT2D eigenvalue weighted by Gasteiger charge is 2.97. The van der Waals surface area contributed by atoms with E-state index in [0.29, 0.717) is 24.1 Å². The first kappa shape index (κ1) is 16.6. The van der Waals surface area contributed by atoms with Crippen LogP contribution >= 0.6 is 0 Å². The Kier molecular flexibility index (Phi) is 2.73. The first-order valence-electron chi connectivity index (χ1n) is 10.8. The third-order valence-corrected chi connectivity index (χ3v) is 8.94. The van der Waals surface area contributed by atoms with Gasteiger partial charge in [0.2, 0.25) is 0 Å². The Bertz CT molecular complexity index is 1050. The number of fused-ring (bicyclic) bond motifs is 7. The van der Waals surface area contributed by atoms with Gasteiger partial charge in [0, 0.05) is 12.8 Å². The Morgan fingerprint density at radius 3 is 2.24 bits per heavy atom. The number of esters is 1. The zero-order valence-electron chi connectivity index (χ0n) is 17.1. The Labute approximate surface area is 171 Å². The molecule has 5 aliphatic rings. The number of hydrogen-bond acceptors (Lipinski definition) is 3. The molecule has 4 nitrogen and oxygen atoms in total. The molecule has 3 saturated heterocycles. The van der Waals surface area contributed by atoms with Crippen molar-refractivity contribution in [2.75, 3.05) is 14.1 Å². The largest absolute Gasteiger partial charge is 0.461 e. The van der Waals surface area contributed by atoms with Gasteiger partial charge in [-0.15, -0.1) is 0 Å². The van der Waals surface area contributed by atoms with Crippen LogP contribution < -0.4 is 0 Å². The van der Waals surface area contributed by atoms with Gasteiger partial charge in [-0.05, 0) is 29.2 Å². The number of piperidine rings is 2. The molecule has 1 spiro atoms. The molecule has 2 aromatic rings. The summed E-state index contributed by atoms with van der Waals surface area (Å²) in [5, 5.41) is 0. The van der Waals surface area contributed by atoms with Gasteiger partial charge >= 0.3 is 5.97 Å². The highest BCUT2D eigenvalue weighted by molar-refractivity contribution is 5.97. The first-order chi connectivity index (χ1) is 13.9. The maximum Gasteiger partial charge on any atom is 0.321 e. The van der Waals surface area contributed by atoms with Crippen molar-refractivity contribution < 1.29 is 18.8 Å². The van der Waals surface area contributed by atoms with Crippen LogP contribution in [0.4, 0.5) is 0 Å². The summed E-state index contributed by atoms with van der Waals surface area (Å²) in [5.41, 5.74) is 3.82. The van der Waals surface area contributed by atoms with Gasteiger partial charge in [0.1, 0.15) is 29.7 Å². The van der Waals surface area contributed by atoms with E-state index in [0.717, 1.165) is 39.6 Å². The number of ether oxygens (including phenoxy) is 2. The number of rotatable bonds is 2. The van der Waals surface area contributed by atoms with Crippen LogP contribution in [0.1, 0.15) is 30.9 Å². The van der Waals surface area contributed by atoms with Gasteiger partial charge < -0.3 is 14.0 Å². The van der Waals surface area contributed by atoms with Crippen LogP contribution in [-0.2, 0) is 19.7 Å². The van der Waals surface area contributed by atoms with Crippen molar-refractivity contribution in [3.8, 4) is 11.1 Å². The van der Waals surface area contributed by atoms with Gasteiger partial charge in [-0.3, -0.25) is 4.79 Å². The lowest BCUT2D eigenvalue weighted by atomic mass is 9.80. The summed E-state index contributed by atoms with van der Waals surface area (Å²) < 4.78 is 13.3. The summed E-state index contributed by atoms with van der Waals surface area (Å²) in [6.45, 7) is 2.04. The van der Waals surface area contributed by atoms with Gasteiger partial charge in [-0.1, -0.05) is 48.5 Å². The number of nitrogens with zero attached hydrogens (tertiary/aromatic N) is 1. The molecule has 148 valence electrons. The standard InChI is InChI=1S/C25H26NO3/c1-24(17-10-6-4-8-15(17)16-9-5-7-11-18(16)24)23(27)28-14-12-19-21-22-25(21,29-22)20(13-14)26(19,2)3/h4-11,14,19-22H,12-13H2,1-3H3/q+1/t14-,19?,20?,21?,22?,25+/m0/s1. The molecule has 6 atom stereocenters. The maximum atomic E-state index is 13.7. The second kappa shape index (κ2) is 4.76. The number of epoxide rings is 1. The molecule has 2 bridgehead atoms. The number of likely N-dealkylation sites (N-methyl/N-ethyl adjacent to an activating group) is 1. The molecule has 4 unspecified atom stereocenters. The third-order valence-electron chi connectivity index (χ3n) is 8.94. The molecule has 4 heteroatoms. The number of hydrogen-bond donors (Lipinski definition) is 0.